The van der Waals surface area contributed by atoms with E-state index in [9.17, 15) is 9.50 Å². The van der Waals surface area contributed by atoms with Crippen molar-refractivity contribution in [2.24, 2.45) is 5.41 Å². The summed E-state index contributed by atoms with van der Waals surface area (Å²) < 4.78 is 24.0. The van der Waals surface area contributed by atoms with E-state index in [0.717, 1.165) is 5.75 Å². The van der Waals surface area contributed by atoms with Crippen molar-refractivity contribution in [1.82, 2.24) is 4.98 Å². The van der Waals surface area contributed by atoms with Crippen LogP contribution < -0.4 is 0 Å². The van der Waals surface area contributed by atoms with Gasteiger partial charge in [-0.1, -0.05) is 12.1 Å². The van der Waals surface area contributed by atoms with Crippen molar-refractivity contribution >= 4 is 11.8 Å². The molecular formula is C15H16FNO3S. The molecule has 1 aromatic carbocycles. The Labute approximate surface area is 126 Å². The van der Waals surface area contributed by atoms with Crippen LogP contribution in [0.25, 0.3) is 11.3 Å². The van der Waals surface area contributed by atoms with Crippen molar-refractivity contribution in [2.45, 2.75) is 5.75 Å². The van der Waals surface area contributed by atoms with E-state index in [1.54, 1.807) is 30.1 Å². The van der Waals surface area contributed by atoms with Gasteiger partial charge in [-0.05, 0) is 12.1 Å². The van der Waals surface area contributed by atoms with Gasteiger partial charge in [-0.3, -0.25) is 0 Å². The monoisotopic (exact) mass is 309 g/mol. The molecule has 4 nitrogen and oxygen atoms in total. The number of benzene rings is 1. The van der Waals surface area contributed by atoms with Crippen molar-refractivity contribution in [1.29, 1.82) is 0 Å². The standard InChI is InChI=1S/C15H16FNO3S/c16-12-3-1-2-11(4-12)13-5-17-14(20-13)6-21-10-15(7-18)8-19-9-15/h1-5,18H,6-10H2. The molecule has 1 saturated heterocycles. The number of aromatic nitrogens is 1. The predicted molar refractivity (Wildman–Crippen MR) is 78.4 cm³/mol. The molecule has 1 aliphatic heterocycles. The first-order chi connectivity index (χ1) is 10.2. The molecular weight excluding hydrogens is 293 g/mol. The van der Waals surface area contributed by atoms with E-state index in [2.05, 4.69) is 4.98 Å². The molecule has 0 amide bonds. The first kappa shape index (κ1) is 14.6. The molecule has 2 aromatic rings. The largest absolute Gasteiger partial charge is 0.440 e. The second kappa shape index (κ2) is 6.17. The molecule has 0 saturated carbocycles. The summed E-state index contributed by atoms with van der Waals surface area (Å²) in [5.41, 5.74) is 0.570. The number of hydrogen-bond acceptors (Lipinski definition) is 5. The average molecular weight is 309 g/mol. The van der Waals surface area contributed by atoms with Crippen LogP contribution in [0.3, 0.4) is 0 Å². The van der Waals surface area contributed by atoms with Crippen LogP contribution in [-0.2, 0) is 10.5 Å². The molecule has 0 bridgehead atoms. The van der Waals surface area contributed by atoms with Gasteiger partial charge in [-0.15, -0.1) is 0 Å². The molecule has 21 heavy (non-hydrogen) atoms. The average Bonchev–Trinajstić information content (AvgIpc) is 2.91. The Morgan fingerprint density at radius 3 is 2.90 bits per heavy atom. The van der Waals surface area contributed by atoms with Gasteiger partial charge in [0.1, 0.15) is 5.82 Å². The van der Waals surface area contributed by atoms with Crippen LogP contribution >= 0.6 is 11.8 Å². The fourth-order valence-electron chi connectivity index (χ4n) is 2.12. The quantitative estimate of drug-likeness (QED) is 0.889. The second-order valence-electron chi connectivity index (χ2n) is 5.27. The summed E-state index contributed by atoms with van der Waals surface area (Å²) in [5.74, 6) is 2.30. The molecule has 0 radical (unpaired) electrons. The maximum absolute atomic E-state index is 13.2. The van der Waals surface area contributed by atoms with E-state index in [1.807, 2.05) is 0 Å². The number of ether oxygens (including phenoxy) is 1. The highest BCUT2D eigenvalue weighted by molar-refractivity contribution is 7.98. The molecule has 112 valence electrons. The SMILES string of the molecule is OCC1(CSCc2ncc(-c3cccc(F)c3)o2)COC1. The van der Waals surface area contributed by atoms with Gasteiger partial charge in [0, 0.05) is 16.7 Å². The highest BCUT2D eigenvalue weighted by Crippen LogP contribution is 2.32. The zero-order valence-electron chi connectivity index (χ0n) is 11.4. The van der Waals surface area contributed by atoms with Gasteiger partial charge in [0.25, 0.3) is 0 Å². The van der Waals surface area contributed by atoms with Crippen LogP contribution in [0.4, 0.5) is 4.39 Å². The van der Waals surface area contributed by atoms with E-state index in [0.29, 0.717) is 36.2 Å². The molecule has 6 heteroatoms. The predicted octanol–water partition coefficient (Wildman–Crippen LogP) is 2.72. The van der Waals surface area contributed by atoms with Crippen LogP contribution in [0.5, 0.6) is 0 Å². The molecule has 3 rings (SSSR count). The zero-order chi connectivity index (χ0) is 14.7. The van der Waals surface area contributed by atoms with Crippen molar-refractivity contribution in [3.8, 4) is 11.3 Å². The van der Waals surface area contributed by atoms with Crippen LogP contribution in [-0.4, -0.2) is 35.7 Å². The Morgan fingerprint density at radius 2 is 2.24 bits per heavy atom. The van der Waals surface area contributed by atoms with E-state index in [-0.39, 0.29) is 17.8 Å². The van der Waals surface area contributed by atoms with Gasteiger partial charge in [0.05, 0.1) is 31.8 Å². The maximum Gasteiger partial charge on any atom is 0.204 e. The Kier molecular flexibility index (Phi) is 4.28. The Morgan fingerprint density at radius 1 is 1.38 bits per heavy atom. The van der Waals surface area contributed by atoms with Gasteiger partial charge < -0.3 is 14.3 Å². The number of aliphatic hydroxyl groups excluding tert-OH is 1. The highest BCUT2D eigenvalue weighted by atomic mass is 32.2. The van der Waals surface area contributed by atoms with Crippen molar-refractivity contribution in [3.05, 3.63) is 42.2 Å². The summed E-state index contributed by atoms with van der Waals surface area (Å²) in [4.78, 5) is 4.21. The fraction of sp³-hybridized carbons (Fsp3) is 0.400. The summed E-state index contributed by atoms with van der Waals surface area (Å²) in [6, 6.07) is 6.24. The molecule has 1 N–H and O–H groups in total. The van der Waals surface area contributed by atoms with E-state index in [4.69, 9.17) is 9.15 Å². The molecule has 0 spiro atoms. The lowest BCUT2D eigenvalue weighted by Crippen LogP contribution is -2.47. The van der Waals surface area contributed by atoms with Gasteiger partial charge in [0.2, 0.25) is 5.89 Å². The van der Waals surface area contributed by atoms with Gasteiger partial charge >= 0.3 is 0 Å². The van der Waals surface area contributed by atoms with Crippen LogP contribution in [0.15, 0.2) is 34.9 Å². The topological polar surface area (TPSA) is 55.5 Å². The van der Waals surface area contributed by atoms with Crippen molar-refractivity contribution < 1.29 is 18.7 Å². The maximum atomic E-state index is 13.2. The molecule has 0 atom stereocenters. The van der Waals surface area contributed by atoms with Gasteiger partial charge in [-0.2, -0.15) is 11.8 Å². The van der Waals surface area contributed by atoms with Gasteiger partial charge in [0.15, 0.2) is 5.76 Å². The molecule has 0 unspecified atom stereocenters. The molecule has 1 aliphatic rings. The van der Waals surface area contributed by atoms with E-state index < -0.39 is 0 Å². The minimum Gasteiger partial charge on any atom is -0.440 e. The normalized spacial score (nSPS) is 16.7. The first-order valence-corrected chi connectivity index (χ1v) is 7.83. The number of hydrogen-bond donors (Lipinski definition) is 1. The Balaban J connectivity index is 1.58. The summed E-state index contributed by atoms with van der Waals surface area (Å²) >= 11 is 1.66. The van der Waals surface area contributed by atoms with Crippen LogP contribution in [0, 0.1) is 11.2 Å². The first-order valence-electron chi connectivity index (χ1n) is 6.68. The zero-order valence-corrected chi connectivity index (χ0v) is 12.2. The second-order valence-corrected chi connectivity index (χ2v) is 6.26. The third-order valence-electron chi connectivity index (χ3n) is 3.45. The highest BCUT2D eigenvalue weighted by Gasteiger charge is 2.37. The summed E-state index contributed by atoms with van der Waals surface area (Å²) in [5, 5.41) is 9.34. The number of thioether (sulfide) groups is 1. The van der Waals surface area contributed by atoms with E-state index >= 15 is 0 Å². The molecule has 1 fully saturated rings. The van der Waals surface area contributed by atoms with Gasteiger partial charge in [-0.25, -0.2) is 9.37 Å². The lowest BCUT2D eigenvalue weighted by molar-refractivity contribution is -0.121. The van der Waals surface area contributed by atoms with Crippen molar-refractivity contribution in [2.75, 3.05) is 25.6 Å². The third kappa shape index (κ3) is 3.28. The lowest BCUT2D eigenvalue weighted by Gasteiger charge is -2.39. The molecule has 1 aromatic heterocycles. The minimum atomic E-state index is -0.297. The number of oxazole rings is 1. The molecule has 2 heterocycles. The summed E-state index contributed by atoms with van der Waals surface area (Å²) in [6.45, 7) is 1.35. The number of nitrogens with zero attached hydrogens (tertiary/aromatic N) is 1. The van der Waals surface area contributed by atoms with E-state index in [1.165, 1.54) is 12.1 Å². The number of rotatable bonds is 6. The third-order valence-corrected chi connectivity index (χ3v) is 4.72. The van der Waals surface area contributed by atoms with Crippen molar-refractivity contribution in [3.63, 3.8) is 0 Å². The fourth-order valence-corrected chi connectivity index (χ4v) is 3.22. The Hall–Kier alpha value is -1.37. The number of aliphatic hydroxyl groups is 1. The van der Waals surface area contributed by atoms with Crippen LogP contribution in [0.1, 0.15) is 5.89 Å². The minimum absolute atomic E-state index is 0.108. The summed E-state index contributed by atoms with van der Waals surface area (Å²) in [6.07, 6.45) is 1.61. The Bertz CT molecular complexity index is 607. The molecule has 0 aliphatic carbocycles. The lowest BCUT2D eigenvalue weighted by atomic mass is 9.90. The smallest absolute Gasteiger partial charge is 0.204 e. The summed E-state index contributed by atoms with van der Waals surface area (Å²) in [7, 11) is 0. The number of halogens is 1. The van der Waals surface area contributed by atoms with Crippen LogP contribution in [0.2, 0.25) is 0 Å².